The van der Waals surface area contributed by atoms with Crippen LogP contribution in [0.15, 0.2) is 41.9 Å². The molecule has 2 aromatic rings. The molecule has 1 saturated carbocycles. The Hall–Kier alpha value is -2.52. The summed E-state index contributed by atoms with van der Waals surface area (Å²) in [6, 6.07) is 3.40. The van der Waals surface area contributed by atoms with Crippen molar-refractivity contribution in [3.63, 3.8) is 0 Å². The summed E-state index contributed by atoms with van der Waals surface area (Å²) in [5.74, 6) is -1.65. The van der Waals surface area contributed by atoms with Crippen LogP contribution < -0.4 is 14.8 Å². The highest BCUT2D eigenvalue weighted by atomic mass is 32.2. The zero-order chi connectivity index (χ0) is 21.9. The number of aromatic nitrogens is 1. The molecule has 0 bridgehead atoms. The first-order chi connectivity index (χ1) is 14.2. The van der Waals surface area contributed by atoms with Crippen molar-refractivity contribution in [3.05, 3.63) is 59.8 Å². The largest absolute Gasteiger partial charge is 0.481 e. The van der Waals surface area contributed by atoms with Gasteiger partial charge in [-0.2, -0.15) is 0 Å². The molecule has 0 unspecified atom stereocenters. The summed E-state index contributed by atoms with van der Waals surface area (Å²) in [5.41, 5.74) is 0.447. The molecule has 1 aliphatic rings. The molecule has 1 aliphatic carbocycles. The molecule has 0 aliphatic heterocycles. The lowest BCUT2D eigenvalue weighted by atomic mass is 9.75. The van der Waals surface area contributed by atoms with Crippen LogP contribution in [0, 0.1) is 18.6 Å². The van der Waals surface area contributed by atoms with E-state index in [1.807, 2.05) is 6.92 Å². The van der Waals surface area contributed by atoms with Gasteiger partial charge in [-0.15, -0.1) is 6.58 Å². The van der Waals surface area contributed by atoms with Crippen molar-refractivity contribution in [2.24, 2.45) is 0 Å². The second-order valence-electron chi connectivity index (χ2n) is 7.46. The Morgan fingerprint density at radius 2 is 1.97 bits per heavy atom. The fourth-order valence-electron chi connectivity index (χ4n) is 3.58. The predicted octanol–water partition coefficient (Wildman–Crippen LogP) is 4.07. The molecule has 0 atom stereocenters. The first kappa shape index (κ1) is 22.2. The first-order valence-electron chi connectivity index (χ1n) is 9.57. The van der Waals surface area contributed by atoms with Crippen LogP contribution in [0.3, 0.4) is 0 Å². The van der Waals surface area contributed by atoms with E-state index in [0.29, 0.717) is 30.7 Å². The van der Waals surface area contributed by atoms with Crippen LogP contribution in [-0.2, 0) is 16.6 Å². The molecular weight excluding hydrogens is 412 g/mol. The van der Waals surface area contributed by atoms with Crippen molar-refractivity contribution in [2.75, 3.05) is 12.4 Å². The zero-order valence-electron chi connectivity index (χ0n) is 17.0. The number of hydrogen-bond donors (Lipinski definition) is 2. The summed E-state index contributed by atoms with van der Waals surface area (Å²) < 4.78 is 62.5. The molecule has 0 saturated heterocycles. The van der Waals surface area contributed by atoms with Crippen LogP contribution in [0.2, 0.25) is 0 Å². The van der Waals surface area contributed by atoms with Crippen molar-refractivity contribution < 1.29 is 21.9 Å². The van der Waals surface area contributed by atoms with E-state index in [-0.39, 0.29) is 6.54 Å². The summed E-state index contributed by atoms with van der Waals surface area (Å²) >= 11 is 0. The van der Waals surface area contributed by atoms with E-state index in [0.717, 1.165) is 24.1 Å². The SMILES string of the molecule is C=CCC1(NS(=O)(=O)c2cc(F)c(NCc3c(C)ccnc3OC)c(F)c2)CCC1. The van der Waals surface area contributed by atoms with Gasteiger partial charge in [0.15, 0.2) is 11.6 Å². The number of nitrogens with zero attached hydrogens (tertiary/aromatic N) is 1. The number of rotatable bonds is 9. The number of benzene rings is 1. The van der Waals surface area contributed by atoms with Gasteiger partial charge in [-0.1, -0.05) is 6.08 Å². The van der Waals surface area contributed by atoms with Crippen molar-refractivity contribution in [3.8, 4) is 5.88 Å². The molecule has 1 aromatic heterocycles. The van der Waals surface area contributed by atoms with Gasteiger partial charge >= 0.3 is 0 Å². The van der Waals surface area contributed by atoms with Crippen LogP contribution in [-0.4, -0.2) is 26.1 Å². The normalized spacial score (nSPS) is 15.3. The summed E-state index contributed by atoms with van der Waals surface area (Å²) in [6.45, 7) is 5.54. The van der Waals surface area contributed by atoms with E-state index < -0.39 is 37.8 Å². The van der Waals surface area contributed by atoms with Crippen LogP contribution >= 0.6 is 0 Å². The third-order valence-corrected chi connectivity index (χ3v) is 6.97. The Bertz CT molecular complexity index is 1030. The number of nitrogens with one attached hydrogen (secondary N) is 2. The first-order valence-corrected chi connectivity index (χ1v) is 11.1. The molecule has 30 heavy (non-hydrogen) atoms. The summed E-state index contributed by atoms with van der Waals surface area (Å²) in [5, 5.41) is 2.68. The second kappa shape index (κ2) is 8.69. The highest BCUT2D eigenvalue weighted by Gasteiger charge is 2.40. The van der Waals surface area contributed by atoms with Gasteiger partial charge in [-0.25, -0.2) is 26.9 Å². The third kappa shape index (κ3) is 4.46. The molecule has 1 aromatic carbocycles. The van der Waals surface area contributed by atoms with Crippen LogP contribution in [0.4, 0.5) is 14.5 Å². The van der Waals surface area contributed by atoms with E-state index in [1.54, 1.807) is 18.3 Å². The quantitative estimate of drug-likeness (QED) is 0.578. The highest BCUT2D eigenvalue weighted by molar-refractivity contribution is 7.89. The fourth-order valence-corrected chi connectivity index (χ4v) is 5.07. The maximum Gasteiger partial charge on any atom is 0.241 e. The fraction of sp³-hybridized carbons (Fsp3) is 0.381. The van der Waals surface area contributed by atoms with Crippen LogP contribution in [0.5, 0.6) is 5.88 Å². The Morgan fingerprint density at radius 1 is 1.30 bits per heavy atom. The molecule has 6 nitrogen and oxygen atoms in total. The van der Waals surface area contributed by atoms with Gasteiger partial charge < -0.3 is 10.1 Å². The number of hydrogen-bond acceptors (Lipinski definition) is 5. The number of aryl methyl sites for hydroxylation is 1. The molecule has 0 spiro atoms. The summed E-state index contributed by atoms with van der Waals surface area (Å²) in [7, 11) is -2.62. The lowest BCUT2D eigenvalue weighted by Crippen LogP contribution is -2.52. The molecular formula is C21H25F2N3O3S. The molecule has 2 N–H and O–H groups in total. The number of ether oxygens (including phenoxy) is 1. The van der Waals surface area contributed by atoms with E-state index >= 15 is 0 Å². The molecule has 0 amide bonds. The summed E-state index contributed by atoms with van der Waals surface area (Å²) in [6.07, 6.45) is 5.89. The minimum absolute atomic E-state index is 0.0590. The van der Waals surface area contributed by atoms with Crippen molar-refractivity contribution in [1.29, 1.82) is 0 Å². The monoisotopic (exact) mass is 437 g/mol. The lowest BCUT2D eigenvalue weighted by Gasteiger charge is -2.41. The average Bonchev–Trinajstić information content (AvgIpc) is 2.66. The molecule has 3 rings (SSSR count). The van der Waals surface area contributed by atoms with Crippen molar-refractivity contribution in [2.45, 2.75) is 49.6 Å². The minimum atomic E-state index is -4.08. The van der Waals surface area contributed by atoms with Gasteiger partial charge in [-0.3, -0.25) is 0 Å². The van der Waals surface area contributed by atoms with Gasteiger partial charge in [-0.05, 0) is 56.4 Å². The summed E-state index contributed by atoms with van der Waals surface area (Å²) in [4.78, 5) is 3.63. The highest BCUT2D eigenvalue weighted by Crippen LogP contribution is 2.37. The molecule has 1 fully saturated rings. The van der Waals surface area contributed by atoms with Crippen LogP contribution in [0.25, 0.3) is 0 Å². The Balaban J connectivity index is 1.83. The van der Waals surface area contributed by atoms with Gasteiger partial charge in [0.1, 0.15) is 5.69 Å². The lowest BCUT2D eigenvalue weighted by molar-refractivity contribution is 0.224. The predicted molar refractivity (Wildman–Crippen MR) is 111 cm³/mol. The van der Waals surface area contributed by atoms with E-state index in [1.165, 1.54) is 7.11 Å². The van der Waals surface area contributed by atoms with Gasteiger partial charge in [0.25, 0.3) is 0 Å². The van der Waals surface area contributed by atoms with Crippen LogP contribution in [0.1, 0.15) is 36.8 Å². The van der Waals surface area contributed by atoms with Gasteiger partial charge in [0.05, 0.1) is 12.0 Å². The Morgan fingerprint density at radius 3 is 2.50 bits per heavy atom. The van der Waals surface area contributed by atoms with E-state index in [4.69, 9.17) is 4.74 Å². The van der Waals surface area contributed by atoms with Gasteiger partial charge in [0.2, 0.25) is 15.9 Å². The second-order valence-corrected chi connectivity index (χ2v) is 9.15. The van der Waals surface area contributed by atoms with E-state index in [2.05, 4.69) is 21.6 Å². The minimum Gasteiger partial charge on any atom is -0.481 e. The molecule has 1 heterocycles. The average molecular weight is 438 g/mol. The van der Waals surface area contributed by atoms with E-state index in [9.17, 15) is 17.2 Å². The standard InChI is InChI=1S/C21H25F2N3O3S/c1-4-7-21(8-5-9-21)26-30(27,28)15-11-17(22)19(18(23)12-15)25-13-16-14(2)6-10-24-20(16)29-3/h4,6,10-12,25-26H,1,5,7-9,13H2,2-3H3. The number of sulfonamides is 1. The zero-order valence-corrected chi connectivity index (χ0v) is 17.8. The van der Waals surface area contributed by atoms with Crippen molar-refractivity contribution in [1.82, 2.24) is 9.71 Å². The molecule has 9 heteroatoms. The number of methoxy groups -OCH3 is 1. The smallest absolute Gasteiger partial charge is 0.241 e. The number of halogens is 2. The number of pyridine rings is 1. The maximum atomic E-state index is 14.6. The Labute approximate surface area is 175 Å². The number of anilines is 1. The third-order valence-electron chi connectivity index (χ3n) is 5.41. The topological polar surface area (TPSA) is 80.3 Å². The molecule has 162 valence electrons. The Kier molecular flexibility index (Phi) is 6.42. The maximum absolute atomic E-state index is 14.6. The molecule has 0 radical (unpaired) electrons. The van der Waals surface area contributed by atoms with Gasteiger partial charge in [0, 0.05) is 23.8 Å². The van der Waals surface area contributed by atoms with Crippen molar-refractivity contribution >= 4 is 15.7 Å².